The Morgan fingerprint density at radius 1 is 0.727 bits per heavy atom. The van der Waals surface area contributed by atoms with Gasteiger partial charge in [0.15, 0.2) is 5.78 Å². The monoisotopic (exact) mass is 320 g/mol. The molecular weight excluding hydrogens is 292 g/mol. The van der Waals surface area contributed by atoms with Crippen LogP contribution in [0.1, 0.15) is 56.1 Å². The van der Waals surface area contributed by atoms with Gasteiger partial charge in [-0.25, -0.2) is 0 Å². The lowest BCUT2D eigenvalue weighted by Crippen LogP contribution is -1.90. The maximum absolute atomic E-state index is 10.8. The van der Waals surface area contributed by atoms with Gasteiger partial charge in [0.25, 0.3) is 0 Å². The normalized spacial score (nSPS) is 8.18. The summed E-state index contributed by atoms with van der Waals surface area (Å²) in [6, 6.07) is 15.3. The first kappa shape index (κ1) is 22.7. The zero-order valence-electron chi connectivity index (χ0n) is 14.9. The number of aryl methyl sites for hydroxylation is 2. The molecule has 2 heteroatoms. The van der Waals surface area contributed by atoms with E-state index in [2.05, 4.69) is 0 Å². The molecule has 0 bridgehead atoms. The van der Waals surface area contributed by atoms with Crippen LogP contribution in [0, 0.1) is 13.8 Å². The first-order chi connectivity index (χ1) is 10.5. The van der Waals surface area contributed by atoms with Gasteiger partial charge in [-0.15, -0.1) is 0 Å². The lowest BCUT2D eigenvalue weighted by atomic mass is 10.1. The molecule has 2 aromatic rings. The molecule has 22 heavy (non-hydrogen) atoms. The van der Waals surface area contributed by atoms with Crippen LogP contribution in [0.25, 0.3) is 0 Å². The van der Waals surface area contributed by atoms with Crippen LogP contribution >= 0.6 is 11.6 Å². The summed E-state index contributed by atoms with van der Waals surface area (Å²) < 4.78 is 0. The third-order valence-electron chi connectivity index (χ3n) is 2.47. The van der Waals surface area contributed by atoms with Crippen molar-refractivity contribution in [3.8, 4) is 0 Å². The van der Waals surface area contributed by atoms with E-state index in [1.54, 1.807) is 6.92 Å². The van der Waals surface area contributed by atoms with Crippen LogP contribution in [0.4, 0.5) is 0 Å². The predicted octanol–water partition coefficient (Wildman–Crippen LogP) is 6.90. The lowest BCUT2D eigenvalue weighted by Gasteiger charge is -1.93. The molecular formula is C20H29ClO. The summed E-state index contributed by atoms with van der Waals surface area (Å²) >= 11 is 5.61. The van der Waals surface area contributed by atoms with Crippen LogP contribution < -0.4 is 0 Å². The Hall–Kier alpha value is -1.60. The summed E-state index contributed by atoms with van der Waals surface area (Å²) in [5, 5.41) is 0.801. The second-order valence-corrected chi connectivity index (χ2v) is 4.65. The first-order valence-corrected chi connectivity index (χ1v) is 8.16. The predicted molar refractivity (Wildman–Crippen MR) is 100 cm³/mol. The molecule has 0 amide bonds. The Labute approximate surface area is 141 Å². The fourth-order valence-corrected chi connectivity index (χ4v) is 1.45. The lowest BCUT2D eigenvalue weighted by molar-refractivity contribution is 0.101. The van der Waals surface area contributed by atoms with Crippen LogP contribution in [-0.4, -0.2) is 5.78 Å². The van der Waals surface area contributed by atoms with Crippen LogP contribution in [0.3, 0.4) is 0 Å². The average molecular weight is 321 g/mol. The molecule has 122 valence electrons. The topological polar surface area (TPSA) is 17.1 Å². The molecule has 0 unspecified atom stereocenters. The molecule has 0 heterocycles. The van der Waals surface area contributed by atoms with Crippen molar-refractivity contribution in [2.24, 2.45) is 0 Å². The number of rotatable bonds is 1. The van der Waals surface area contributed by atoms with Crippen molar-refractivity contribution < 1.29 is 4.79 Å². The molecule has 0 aliphatic carbocycles. The Balaban J connectivity index is 0. The molecule has 0 atom stereocenters. The van der Waals surface area contributed by atoms with Crippen LogP contribution in [0.5, 0.6) is 0 Å². The van der Waals surface area contributed by atoms with Crippen molar-refractivity contribution >= 4 is 17.4 Å². The molecule has 0 saturated heterocycles. The molecule has 2 rings (SSSR count). The van der Waals surface area contributed by atoms with Crippen molar-refractivity contribution in [2.45, 2.75) is 48.5 Å². The summed E-state index contributed by atoms with van der Waals surface area (Å²) in [4.78, 5) is 10.8. The van der Waals surface area contributed by atoms with E-state index < -0.39 is 0 Å². The Morgan fingerprint density at radius 2 is 1.05 bits per heavy atom. The smallest absolute Gasteiger partial charge is 0.159 e. The van der Waals surface area contributed by atoms with E-state index in [0.717, 1.165) is 10.6 Å². The number of ketones is 1. The minimum Gasteiger partial charge on any atom is -0.295 e. The molecule has 0 saturated carbocycles. The second-order valence-electron chi connectivity index (χ2n) is 4.22. The largest absolute Gasteiger partial charge is 0.295 e. The van der Waals surface area contributed by atoms with E-state index in [-0.39, 0.29) is 5.78 Å². The Kier molecular flexibility index (Phi) is 14.8. The van der Waals surface area contributed by atoms with Crippen molar-refractivity contribution in [2.75, 3.05) is 0 Å². The second kappa shape index (κ2) is 14.3. The van der Waals surface area contributed by atoms with Crippen LogP contribution in [-0.2, 0) is 0 Å². The molecule has 1 nitrogen and oxygen atoms in total. The van der Waals surface area contributed by atoms with Gasteiger partial charge >= 0.3 is 0 Å². The number of carbonyl (C=O) groups is 1. The van der Waals surface area contributed by atoms with Crippen LogP contribution in [0.15, 0.2) is 48.5 Å². The zero-order chi connectivity index (χ0) is 17.5. The summed E-state index contributed by atoms with van der Waals surface area (Å²) in [7, 11) is 0. The third kappa shape index (κ3) is 11.1. The SMILES string of the molecule is CC.CC.CC(=O)c1ccc(C)cc1.Cc1ccc(Cl)cc1. The maximum Gasteiger partial charge on any atom is 0.159 e. The Bertz CT molecular complexity index is 477. The quantitative estimate of drug-likeness (QED) is 0.522. The molecule has 0 aromatic heterocycles. The first-order valence-electron chi connectivity index (χ1n) is 7.79. The summed E-state index contributed by atoms with van der Waals surface area (Å²) in [5.74, 6) is 0.125. The highest BCUT2D eigenvalue weighted by Gasteiger charge is 1.95. The molecule has 0 fully saturated rings. The van der Waals surface area contributed by atoms with Gasteiger partial charge in [0.2, 0.25) is 0 Å². The number of hydrogen-bond donors (Lipinski definition) is 0. The fourth-order valence-electron chi connectivity index (χ4n) is 1.32. The Morgan fingerprint density at radius 3 is 1.32 bits per heavy atom. The van der Waals surface area contributed by atoms with Crippen molar-refractivity contribution in [3.63, 3.8) is 0 Å². The van der Waals surface area contributed by atoms with Gasteiger partial charge in [-0.05, 0) is 32.9 Å². The number of hydrogen-bond acceptors (Lipinski definition) is 1. The highest BCUT2D eigenvalue weighted by atomic mass is 35.5. The van der Waals surface area contributed by atoms with E-state index in [4.69, 9.17) is 11.6 Å². The van der Waals surface area contributed by atoms with Gasteiger partial charge < -0.3 is 0 Å². The molecule has 2 aromatic carbocycles. The number of halogens is 1. The highest BCUT2D eigenvalue weighted by Crippen LogP contribution is 2.07. The number of Topliss-reactive ketones (excluding diaryl/α,β-unsaturated/α-hetero) is 1. The highest BCUT2D eigenvalue weighted by molar-refractivity contribution is 6.30. The summed E-state index contributed by atoms with van der Waals surface area (Å²) in [6.07, 6.45) is 0. The van der Waals surface area contributed by atoms with Gasteiger partial charge in [-0.3, -0.25) is 4.79 Å². The van der Waals surface area contributed by atoms with Gasteiger partial charge in [0.1, 0.15) is 0 Å². The molecule has 0 N–H and O–H groups in total. The number of benzene rings is 2. The van der Waals surface area contributed by atoms with E-state index in [0.29, 0.717) is 0 Å². The minimum atomic E-state index is 0.125. The van der Waals surface area contributed by atoms with Gasteiger partial charge in [-0.2, -0.15) is 0 Å². The van der Waals surface area contributed by atoms with E-state index in [1.165, 1.54) is 11.1 Å². The van der Waals surface area contributed by atoms with Crippen molar-refractivity contribution in [3.05, 3.63) is 70.2 Å². The standard InChI is InChI=1S/C9H10O.C7H7Cl.2C2H6/c1-7-3-5-9(6-4-7)8(2)10;1-6-2-4-7(8)5-3-6;2*1-2/h3-6H,1-2H3;2-5H,1H3;2*1-2H3. The van der Waals surface area contributed by atoms with E-state index in [9.17, 15) is 4.79 Å². The number of carbonyl (C=O) groups excluding carboxylic acids is 1. The molecule has 0 radical (unpaired) electrons. The fraction of sp³-hybridized carbons (Fsp3) is 0.350. The average Bonchev–Trinajstić information content (AvgIpc) is 2.55. The zero-order valence-corrected chi connectivity index (χ0v) is 15.7. The van der Waals surface area contributed by atoms with Crippen molar-refractivity contribution in [1.82, 2.24) is 0 Å². The summed E-state index contributed by atoms with van der Waals surface area (Å²) in [6.45, 7) is 13.6. The third-order valence-corrected chi connectivity index (χ3v) is 2.72. The van der Waals surface area contributed by atoms with E-state index >= 15 is 0 Å². The molecule has 0 aliphatic rings. The van der Waals surface area contributed by atoms with Crippen LogP contribution in [0.2, 0.25) is 5.02 Å². The van der Waals surface area contributed by atoms with Crippen molar-refractivity contribution in [1.29, 1.82) is 0 Å². The van der Waals surface area contributed by atoms with Gasteiger partial charge in [-0.1, -0.05) is 86.8 Å². The van der Waals surface area contributed by atoms with Gasteiger partial charge in [0, 0.05) is 10.6 Å². The minimum absolute atomic E-state index is 0.125. The summed E-state index contributed by atoms with van der Waals surface area (Å²) in [5.41, 5.74) is 3.21. The molecule has 0 spiro atoms. The van der Waals surface area contributed by atoms with E-state index in [1.807, 2.05) is 90.1 Å². The molecule has 0 aliphatic heterocycles. The van der Waals surface area contributed by atoms with Gasteiger partial charge in [0.05, 0.1) is 0 Å². The maximum atomic E-state index is 10.8.